The van der Waals surface area contributed by atoms with Crippen LogP contribution in [0, 0.1) is 11.3 Å². The third-order valence-electron chi connectivity index (χ3n) is 2.39. The summed E-state index contributed by atoms with van der Waals surface area (Å²) in [5.41, 5.74) is 0.916. The summed E-state index contributed by atoms with van der Waals surface area (Å²) < 4.78 is 5.04. The van der Waals surface area contributed by atoms with Crippen LogP contribution in [0.15, 0.2) is 43.0 Å². The van der Waals surface area contributed by atoms with Crippen molar-refractivity contribution < 1.29 is 9.53 Å². The normalized spacial score (nSPS) is 11.6. The molecule has 0 amide bonds. The molecule has 0 heterocycles. The van der Waals surface area contributed by atoms with Crippen LogP contribution in [0.1, 0.15) is 18.9 Å². The van der Waals surface area contributed by atoms with Crippen LogP contribution in [0.25, 0.3) is 0 Å². The van der Waals surface area contributed by atoms with Gasteiger partial charge in [-0.2, -0.15) is 0 Å². The van der Waals surface area contributed by atoms with Crippen molar-refractivity contribution in [2.75, 3.05) is 0 Å². The Morgan fingerprint density at radius 1 is 1.47 bits per heavy atom. The first-order chi connectivity index (χ1) is 8.13. The first kappa shape index (κ1) is 13.2. The molecule has 0 bridgehead atoms. The lowest BCUT2D eigenvalue weighted by Gasteiger charge is -2.08. The summed E-state index contributed by atoms with van der Waals surface area (Å²) in [6.07, 6.45) is 2.09. The molecule has 90 valence electrons. The molecule has 1 aromatic rings. The third kappa shape index (κ3) is 4.64. The number of esters is 1. The lowest BCUT2D eigenvalue weighted by molar-refractivity contribution is -0.137. The predicted molar refractivity (Wildman–Crippen MR) is 67.9 cm³/mol. The first-order valence-corrected chi connectivity index (χ1v) is 5.54. The van der Waals surface area contributed by atoms with Crippen LogP contribution >= 0.6 is 0 Å². The number of carbonyl (C=O) groups is 1. The molecule has 1 aromatic carbocycles. The van der Waals surface area contributed by atoms with Crippen molar-refractivity contribution in [3.05, 3.63) is 48.6 Å². The van der Waals surface area contributed by atoms with Crippen LogP contribution in [-0.4, -0.2) is 11.7 Å². The van der Waals surface area contributed by atoms with Crippen LogP contribution in [0.5, 0.6) is 0 Å². The number of carbonyl (C=O) groups excluding carboxylic acids is 1. The highest BCUT2D eigenvalue weighted by molar-refractivity contribution is 6.35. The van der Waals surface area contributed by atoms with Gasteiger partial charge in [-0.15, -0.1) is 6.58 Å². The number of benzene rings is 1. The van der Waals surface area contributed by atoms with Gasteiger partial charge < -0.3 is 4.74 Å². The largest absolute Gasteiger partial charge is 0.456 e. The molecule has 0 aliphatic rings. The fraction of sp³-hybridized carbons (Fsp3) is 0.286. The van der Waals surface area contributed by atoms with Crippen molar-refractivity contribution >= 4 is 11.7 Å². The number of nitrogens with one attached hydrogen (secondary N) is 1. The van der Waals surface area contributed by atoms with E-state index in [0.29, 0.717) is 6.42 Å². The SMILES string of the molecule is C=CC(C)CC(=N)C(=O)OCc1ccccc1. The van der Waals surface area contributed by atoms with Crippen LogP contribution in [0.4, 0.5) is 0 Å². The van der Waals surface area contributed by atoms with Gasteiger partial charge in [0.05, 0.1) is 0 Å². The Morgan fingerprint density at radius 2 is 2.12 bits per heavy atom. The Bertz CT molecular complexity index is 398. The fourth-order valence-electron chi connectivity index (χ4n) is 1.30. The summed E-state index contributed by atoms with van der Waals surface area (Å²) in [7, 11) is 0. The van der Waals surface area contributed by atoms with Gasteiger partial charge in [-0.3, -0.25) is 5.41 Å². The Kier molecular flexibility index (Phi) is 5.14. The zero-order valence-corrected chi connectivity index (χ0v) is 9.98. The highest BCUT2D eigenvalue weighted by Gasteiger charge is 2.13. The van der Waals surface area contributed by atoms with E-state index in [1.54, 1.807) is 6.08 Å². The molecule has 1 rings (SSSR count). The van der Waals surface area contributed by atoms with Gasteiger partial charge in [-0.05, 0) is 11.5 Å². The number of hydrogen-bond donors (Lipinski definition) is 1. The molecule has 0 spiro atoms. The molecule has 1 atom stereocenters. The third-order valence-corrected chi connectivity index (χ3v) is 2.39. The molecule has 1 unspecified atom stereocenters. The number of hydrogen-bond acceptors (Lipinski definition) is 3. The molecule has 0 saturated carbocycles. The summed E-state index contributed by atoms with van der Waals surface area (Å²) in [5, 5.41) is 7.57. The molecular weight excluding hydrogens is 214 g/mol. The second-order valence-corrected chi connectivity index (χ2v) is 3.96. The van der Waals surface area contributed by atoms with E-state index in [2.05, 4.69) is 6.58 Å². The van der Waals surface area contributed by atoms with Crippen molar-refractivity contribution in [3.8, 4) is 0 Å². The average molecular weight is 231 g/mol. The maximum Gasteiger partial charge on any atom is 0.352 e. The second-order valence-electron chi connectivity index (χ2n) is 3.96. The van der Waals surface area contributed by atoms with Crippen LogP contribution in [0.3, 0.4) is 0 Å². The van der Waals surface area contributed by atoms with Gasteiger partial charge >= 0.3 is 5.97 Å². The molecular formula is C14H17NO2. The molecule has 0 fully saturated rings. The van der Waals surface area contributed by atoms with E-state index in [1.165, 1.54) is 0 Å². The molecule has 0 aliphatic carbocycles. The van der Waals surface area contributed by atoms with E-state index in [9.17, 15) is 4.79 Å². The van der Waals surface area contributed by atoms with Gasteiger partial charge in [-0.1, -0.05) is 43.3 Å². The minimum Gasteiger partial charge on any atom is -0.456 e. The van der Waals surface area contributed by atoms with E-state index in [-0.39, 0.29) is 18.2 Å². The van der Waals surface area contributed by atoms with Crippen molar-refractivity contribution in [2.45, 2.75) is 20.0 Å². The number of allylic oxidation sites excluding steroid dienone is 1. The summed E-state index contributed by atoms with van der Waals surface area (Å²) in [6.45, 7) is 5.74. The van der Waals surface area contributed by atoms with Crippen molar-refractivity contribution in [1.29, 1.82) is 5.41 Å². The predicted octanol–water partition coefficient (Wildman–Crippen LogP) is 2.96. The minimum atomic E-state index is -0.553. The van der Waals surface area contributed by atoms with Gasteiger partial charge in [-0.25, -0.2) is 4.79 Å². The van der Waals surface area contributed by atoms with E-state index in [4.69, 9.17) is 10.1 Å². The first-order valence-electron chi connectivity index (χ1n) is 5.54. The molecule has 0 aromatic heterocycles. The fourth-order valence-corrected chi connectivity index (χ4v) is 1.30. The van der Waals surface area contributed by atoms with Crippen molar-refractivity contribution in [3.63, 3.8) is 0 Å². The van der Waals surface area contributed by atoms with Gasteiger partial charge in [0.15, 0.2) is 0 Å². The number of ether oxygens (including phenoxy) is 1. The number of rotatable bonds is 6. The molecule has 3 nitrogen and oxygen atoms in total. The summed E-state index contributed by atoms with van der Waals surface area (Å²) in [6, 6.07) is 9.42. The Balaban J connectivity index is 2.39. The lowest BCUT2D eigenvalue weighted by atomic mass is 10.1. The Morgan fingerprint density at radius 3 is 2.71 bits per heavy atom. The van der Waals surface area contributed by atoms with Crippen LogP contribution in [0.2, 0.25) is 0 Å². The van der Waals surface area contributed by atoms with Crippen LogP contribution < -0.4 is 0 Å². The lowest BCUT2D eigenvalue weighted by Crippen LogP contribution is -2.18. The molecule has 0 saturated heterocycles. The maximum absolute atomic E-state index is 11.5. The summed E-state index contributed by atoms with van der Waals surface area (Å²) in [5.74, 6) is -0.436. The average Bonchev–Trinajstić information content (AvgIpc) is 2.36. The summed E-state index contributed by atoms with van der Waals surface area (Å²) in [4.78, 5) is 11.5. The van der Waals surface area contributed by atoms with E-state index >= 15 is 0 Å². The van der Waals surface area contributed by atoms with E-state index in [1.807, 2.05) is 37.3 Å². The molecule has 1 N–H and O–H groups in total. The summed E-state index contributed by atoms with van der Waals surface area (Å²) >= 11 is 0. The van der Waals surface area contributed by atoms with Crippen molar-refractivity contribution in [2.24, 2.45) is 5.92 Å². The second kappa shape index (κ2) is 6.63. The van der Waals surface area contributed by atoms with Gasteiger partial charge in [0.2, 0.25) is 0 Å². The smallest absolute Gasteiger partial charge is 0.352 e. The zero-order chi connectivity index (χ0) is 12.7. The van der Waals surface area contributed by atoms with Gasteiger partial charge in [0.1, 0.15) is 12.3 Å². The standard InChI is InChI=1S/C14H17NO2/c1-3-11(2)9-13(15)14(16)17-10-12-7-5-4-6-8-12/h3-8,11,15H,1,9-10H2,2H3. The Hall–Kier alpha value is -1.90. The topological polar surface area (TPSA) is 50.2 Å². The zero-order valence-electron chi connectivity index (χ0n) is 9.98. The molecule has 0 radical (unpaired) electrons. The van der Waals surface area contributed by atoms with Gasteiger partial charge in [0, 0.05) is 6.42 Å². The highest BCUT2D eigenvalue weighted by atomic mass is 16.5. The van der Waals surface area contributed by atoms with Gasteiger partial charge in [0.25, 0.3) is 0 Å². The van der Waals surface area contributed by atoms with Crippen molar-refractivity contribution in [1.82, 2.24) is 0 Å². The molecule has 3 heteroatoms. The monoisotopic (exact) mass is 231 g/mol. The highest BCUT2D eigenvalue weighted by Crippen LogP contribution is 2.06. The molecule has 17 heavy (non-hydrogen) atoms. The van der Waals surface area contributed by atoms with Crippen LogP contribution in [-0.2, 0) is 16.1 Å². The van der Waals surface area contributed by atoms with E-state index in [0.717, 1.165) is 5.56 Å². The van der Waals surface area contributed by atoms with E-state index < -0.39 is 5.97 Å². The Labute approximate surface area is 102 Å². The molecule has 0 aliphatic heterocycles. The maximum atomic E-state index is 11.5. The minimum absolute atomic E-state index is 0.00617. The quantitative estimate of drug-likeness (QED) is 0.465.